The normalized spacial score (nSPS) is 15.7. The van der Waals surface area contributed by atoms with Gasteiger partial charge in [-0.1, -0.05) is 30.3 Å². The number of hydrogen-bond donors (Lipinski definition) is 2. The van der Waals surface area contributed by atoms with Gasteiger partial charge in [-0.3, -0.25) is 0 Å². The van der Waals surface area contributed by atoms with Crippen molar-refractivity contribution in [2.75, 3.05) is 5.32 Å². The number of allylic oxidation sites excluding steroid dienone is 1. The summed E-state index contributed by atoms with van der Waals surface area (Å²) >= 11 is 0. The van der Waals surface area contributed by atoms with E-state index >= 15 is 0 Å². The van der Waals surface area contributed by atoms with Crippen molar-refractivity contribution in [3.8, 4) is 0 Å². The molecular formula is C18H16N2. The molecule has 0 radical (unpaired) electrons. The van der Waals surface area contributed by atoms with E-state index in [-0.39, 0.29) is 0 Å². The number of H-pyrrole nitrogens is 1. The molecule has 1 heterocycles. The van der Waals surface area contributed by atoms with Gasteiger partial charge >= 0.3 is 0 Å². The second-order valence-electron chi connectivity index (χ2n) is 5.25. The van der Waals surface area contributed by atoms with Crippen LogP contribution < -0.4 is 5.32 Å². The van der Waals surface area contributed by atoms with E-state index in [1.54, 1.807) is 0 Å². The number of benzene rings is 2. The van der Waals surface area contributed by atoms with E-state index in [1.807, 2.05) is 6.20 Å². The van der Waals surface area contributed by atoms with Crippen LogP contribution in [0.3, 0.4) is 0 Å². The molecule has 4 rings (SSSR count). The zero-order chi connectivity index (χ0) is 13.4. The lowest BCUT2D eigenvalue weighted by molar-refractivity contribution is 1.08. The molecule has 0 bridgehead atoms. The van der Waals surface area contributed by atoms with Crippen LogP contribution in [0.2, 0.25) is 0 Å². The molecule has 1 aromatic heterocycles. The van der Waals surface area contributed by atoms with Crippen molar-refractivity contribution in [3.63, 3.8) is 0 Å². The van der Waals surface area contributed by atoms with Crippen LogP contribution in [0.1, 0.15) is 17.5 Å². The highest BCUT2D eigenvalue weighted by molar-refractivity contribution is 5.83. The summed E-state index contributed by atoms with van der Waals surface area (Å²) in [6.45, 7) is 0. The fraction of sp³-hybridized carbons (Fsp3) is 0.111. The van der Waals surface area contributed by atoms with E-state index in [0.29, 0.717) is 0 Å². The van der Waals surface area contributed by atoms with Gasteiger partial charge in [0.2, 0.25) is 0 Å². The number of fused-ring (bicyclic) bond motifs is 2. The van der Waals surface area contributed by atoms with E-state index in [4.69, 9.17) is 0 Å². The Hall–Kier alpha value is -2.48. The lowest BCUT2D eigenvalue weighted by Gasteiger charge is -2.04. The van der Waals surface area contributed by atoms with Crippen molar-refractivity contribution < 1.29 is 0 Å². The topological polar surface area (TPSA) is 27.8 Å². The highest BCUT2D eigenvalue weighted by Crippen LogP contribution is 2.31. The molecule has 0 unspecified atom stereocenters. The number of anilines is 1. The molecule has 1 aliphatic rings. The predicted octanol–water partition coefficient (Wildman–Crippen LogP) is 4.57. The Balaban J connectivity index is 1.62. The molecule has 0 saturated heterocycles. The van der Waals surface area contributed by atoms with Gasteiger partial charge in [-0.05, 0) is 53.1 Å². The molecule has 2 heteroatoms. The minimum absolute atomic E-state index is 1.12. The summed E-state index contributed by atoms with van der Waals surface area (Å²) in [6, 6.07) is 17.2. The van der Waals surface area contributed by atoms with Gasteiger partial charge in [0.1, 0.15) is 0 Å². The van der Waals surface area contributed by atoms with E-state index in [0.717, 1.165) is 18.5 Å². The summed E-state index contributed by atoms with van der Waals surface area (Å²) in [7, 11) is 0. The van der Waals surface area contributed by atoms with Gasteiger partial charge in [-0.2, -0.15) is 0 Å². The monoisotopic (exact) mass is 260 g/mol. The van der Waals surface area contributed by atoms with Crippen LogP contribution in [0.5, 0.6) is 0 Å². The Morgan fingerprint density at radius 3 is 2.95 bits per heavy atom. The third-order valence-electron chi connectivity index (χ3n) is 4.00. The molecule has 0 saturated carbocycles. The molecule has 0 spiro atoms. The highest BCUT2D eigenvalue weighted by atomic mass is 14.8. The van der Waals surface area contributed by atoms with E-state index in [9.17, 15) is 0 Å². The third kappa shape index (κ3) is 1.90. The zero-order valence-electron chi connectivity index (χ0n) is 11.2. The van der Waals surface area contributed by atoms with Crippen molar-refractivity contribution in [2.45, 2.75) is 12.8 Å². The average Bonchev–Trinajstić information content (AvgIpc) is 3.11. The number of hydrogen-bond acceptors (Lipinski definition) is 1. The van der Waals surface area contributed by atoms with E-state index < -0.39 is 0 Å². The van der Waals surface area contributed by atoms with E-state index in [2.05, 4.69) is 65.0 Å². The largest absolute Gasteiger partial charge is 0.361 e. The van der Waals surface area contributed by atoms with Crippen LogP contribution in [0.4, 0.5) is 5.69 Å². The molecule has 0 atom stereocenters. The van der Waals surface area contributed by atoms with Crippen molar-refractivity contribution in [2.24, 2.45) is 0 Å². The van der Waals surface area contributed by atoms with Gasteiger partial charge in [-0.25, -0.2) is 0 Å². The maximum absolute atomic E-state index is 3.43. The molecule has 20 heavy (non-hydrogen) atoms. The molecule has 98 valence electrons. The second kappa shape index (κ2) is 4.57. The first kappa shape index (κ1) is 11.4. The first-order chi connectivity index (χ1) is 9.90. The molecule has 3 aromatic rings. The Morgan fingerprint density at radius 2 is 1.95 bits per heavy atom. The number of rotatable bonds is 2. The molecule has 0 amide bonds. The molecule has 0 aliphatic heterocycles. The Bertz CT molecular complexity index is 796. The minimum Gasteiger partial charge on any atom is -0.361 e. The quantitative estimate of drug-likeness (QED) is 0.694. The Labute approximate surface area is 118 Å². The van der Waals surface area contributed by atoms with Gasteiger partial charge in [0.05, 0.1) is 0 Å². The maximum Gasteiger partial charge on any atom is 0.0474 e. The van der Waals surface area contributed by atoms with Crippen molar-refractivity contribution in [1.29, 1.82) is 0 Å². The summed E-state index contributed by atoms with van der Waals surface area (Å²) in [5, 5.41) is 4.67. The molecule has 2 N–H and O–H groups in total. The third-order valence-corrected chi connectivity index (χ3v) is 4.00. The fourth-order valence-electron chi connectivity index (χ4n) is 2.91. The minimum atomic E-state index is 1.12. The number of aromatic nitrogens is 1. The number of aromatic amines is 1. The van der Waals surface area contributed by atoms with Gasteiger partial charge < -0.3 is 10.3 Å². The van der Waals surface area contributed by atoms with Gasteiger partial charge in [0.15, 0.2) is 0 Å². The van der Waals surface area contributed by atoms with Crippen LogP contribution in [0.25, 0.3) is 16.5 Å². The van der Waals surface area contributed by atoms with Crippen LogP contribution in [0, 0.1) is 0 Å². The zero-order valence-corrected chi connectivity index (χ0v) is 11.2. The van der Waals surface area contributed by atoms with Crippen LogP contribution in [-0.4, -0.2) is 4.98 Å². The summed E-state index contributed by atoms with van der Waals surface area (Å²) in [4.78, 5) is 3.24. The lowest BCUT2D eigenvalue weighted by Crippen LogP contribution is -1.90. The standard InChI is InChI=1S/C18H16N2/c1-2-4-17-13(3-1)5-6-15(17)12-20-16-8-7-14-9-10-19-18(14)11-16/h1-4,7-12,19-20H,5-6H2/b15-12+. The average molecular weight is 260 g/mol. The molecular weight excluding hydrogens is 244 g/mol. The van der Waals surface area contributed by atoms with Crippen molar-refractivity contribution in [1.82, 2.24) is 4.98 Å². The molecule has 2 nitrogen and oxygen atoms in total. The Kier molecular flexibility index (Phi) is 2.59. The SMILES string of the molecule is C(/Nc1ccc2cc[nH]c2c1)=C1/CCc2ccccc21. The molecule has 0 fully saturated rings. The van der Waals surface area contributed by atoms with Crippen LogP contribution in [0.15, 0.2) is 60.9 Å². The van der Waals surface area contributed by atoms with Crippen molar-refractivity contribution >= 4 is 22.2 Å². The summed E-state index contributed by atoms with van der Waals surface area (Å²) < 4.78 is 0. The second-order valence-corrected chi connectivity index (χ2v) is 5.25. The maximum atomic E-state index is 3.43. The summed E-state index contributed by atoms with van der Waals surface area (Å²) in [5.74, 6) is 0. The summed E-state index contributed by atoms with van der Waals surface area (Å²) in [5.41, 5.74) is 6.53. The van der Waals surface area contributed by atoms with Crippen molar-refractivity contribution in [3.05, 3.63) is 72.1 Å². The first-order valence-corrected chi connectivity index (χ1v) is 7.01. The smallest absolute Gasteiger partial charge is 0.0474 e. The Morgan fingerprint density at radius 1 is 1.00 bits per heavy atom. The number of aryl methyl sites for hydroxylation is 1. The number of nitrogens with one attached hydrogen (secondary N) is 2. The van der Waals surface area contributed by atoms with E-state index in [1.165, 1.54) is 27.6 Å². The van der Waals surface area contributed by atoms with Crippen LogP contribution >= 0.6 is 0 Å². The first-order valence-electron chi connectivity index (χ1n) is 7.01. The van der Waals surface area contributed by atoms with Gasteiger partial charge in [0, 0.05) is 23.6 Å². The van der Waals surface area contributed by atoms with Crippen LogP contribution in [-0.2, 0) is 6.42 Å². The fourth-order valence-corrected chi connectivity index (χ4v) is 2.91. The molecule has 2 aromatic carbocycles. The molecule has 1 aliphatic carbocycles. The summed E-state index contributed by atoms with van der Waals surface area (Å²) in [6.07, 6.45) is 6.40. The van der Waals surface area contributed by atoms with Gasteiger partial charge in [0.25, 0.3) is 0 Å². The highest BCUT2D eigenvalue weighted by Gasteiger charge is 2.14. The lowest BCUT2D eigenvalue weighted by atomic mass is 10.1. The predicted molar refractivity (Wildman–Crippen MR) is 84.7 cm³/mol. The van der Waals surface area contributed by atoms with Gasteiger partial charge in [-0.15, -0.1) is 0 Å².